The van der Waals surface area contributed by atoms with Crippen molar-refractivity contribution in [1.82, 2.24) is 5.32 Å². The fraction of sp³-hybridized carbons (Fsp3) is 0.286. The quantitative estimate of drug-likeness (QED) is 0.574. The molecule has 3 N–H and O–H groups in total. The molecule has 0 radical (unpaired) electrons. The first-order valence-electron chi connectivity index (χ1n) is 3.88. The molecule has 7 heteroatoms. The van der Waals surface area contributed by atoms with Crippen molar-refractivity contribution in [3.8, 4) is 6.07 Å². The summed E-state index contributed by atoms with van der Waals surface area (Å²) in [7, 11) is 0. The molecule has 2 aliphatic rings. The van der Waals surface area contributed by atoms with E-state index in [1.807, 2.05) is 6.07 Å². The number of hydrogen-bond donors (Lipinski definition) is 2. The van der Waals surface area contributed by atoms with E-state index in [4.69, 9.17) is 11.0 Å². The van der Waals surface area contributed by atoms with Gasteiger partial charge in [-0.05, 0) is 0 Å². The average Bonchev–Trinajstić information content (AvgIpc) is 2.48. The first-order valence-corrected chi connectivity index (χ1v) is 3.88. The molecule has 2 rings (SSSR count). The van der Waals surface area contributed by atoms with Crippen LogP contribution in [0.3, 0.4) is 0 Å². The van der Waals surface area contributed by atoms with Gasteiger partial charge in [-0.2, -0.15) is 10.4 Å². The molecule has 0 bridgehead atoms. The van der Waals surface area contributed by atoms with E-state index in [1.54, 1.807) is 0 Å². The number of amidine groups is 1. The van der Waals surface area contributed by atoms with Crippen LogP contribution in [0.1, 0.15) is 6.42 Å². The van der Waals surface area contributed by atoms with Gasteiger partial charge in [0, 0.05) is 0 Å². The molecule has 0 saturated carbocycles. The Morgan fingerprint density at radius 3 is 3.14 bits per heavy atom. The van der Waals surface area contributed by atoms with Gasteiger partial charge in [-0.25, -0.2) is 4.99 Å². The predicted octanol–water partition coefficient (Wildman–Crippen LogP) is -0.609. The minimum atomic E-state index is -0.660. The molecule has 1 unspecified atom stereocenters. The van der Waals surface area contributed by atoms with Gasteiger partial charge in [0.2, 0.25) is 0 Å². The summed E-state index contributed by atoms with van der Waals surface area (Å²) in [6.45, 7) is 0. The minimum Gasteiger partial charge on any atom is -0.382 e. The number of nitrogens with one attached hydrogen (secondary N) is 1. The van der Waals surface area contributed by atoms with Gasteiger partial charge in [-0.1, -0.05) is 0 Å². The van der Waals surface area contributed by atoms with Crippen molar-refractivity contribution in [2.75, 3.05) is 0 Å². The van der Waals surface area contributed by atoms with Crippen LogP contribution in [0.4, 0.5) is 0 Å². The van der Waals surface area contributed by atoms with Crippen molar-refractivity contribution in [2.45, 2.75) is 12.6 Å². The summed E-state index contributed by atoms with van der Waals surface area (Å²) in [5.74, 6) is 0.0184. The standard InChI is InChI=1S/C7H6N6O/c8-2-1-3-10-6-4(7(14)11-3)5(9)12-13-6/h6H,1,9H2,(H,10,11,14). The van der Waals surface area contributed by atoms with Crippen LogP contribution >= 0.6 is 0 Å². The molecule has 2 heterocycles. The molecule has 0 aromatic heterocycles. The third-order valence-corrected chi connectivity index (χ3v) is 1.84. The maximum absolute atomic E-state index is 11.4. The smallest absolute Gasteiger partial charge is 0.260 e. The Balaban J connectivity index is 2.35. The Labute approximate surface area is 79.0 Å². The highest BCUT2D eigenvalue weighted by atomic mass is 16.2. The van der Waals surface area contributed by atoms with Crippen molar-refractivity contribution in [3.05, 3.63) is 11.4 Å². The zero-order valence-corrected chi connectivity index (χ0v) is 7.06. The van der Waals surface area contributed by atoms with Gasteiger partial charge in [-0.15, -0.1) is 5.11 Å². The highest BCUT2D eigenvalue weighted by Gasteiger charge is 2.32. The summed E-state index contributed by atoms with van der Waals surface area (Å²) in [4.78, 5) is 15.4. The monoisotopic (exact) mass is 190 g/mol. The molecule has 7 nitrogen and oxygen atoms in total. The summed E-state index contributed by atoms with van der Waals surface area (Å²) in [5.41, 5.74) is 5.68. The van der Waals surface area contributed by atoms with Crippen LogP contribution < -0.4 is 11.1 Å². The van der Waals surface area contributed by atoms with Crippen molar-refractivity contribution in [1.29, 1.82) is 5.26 Å². The first-order chi connectivity index (χ1) is 6.72. The Bertz CT molecular complexity index is 426. The van der Waals surface area contributed by atoms with Gasteiger partial charge >= 0.3 is 0 Å². The number of nitrogens with zero attached hydrogens (tertiary/aromatic N) is 4. The SMILES string of the molecule is N#CCC1=NC2N=NC(N)=C2C(=O)N1. The van der Waals surface area contributed by atoms with E-state index < -0.39 is 6.17 Å². The van der Waals surface area contributed by atoms with Crippen LogP contribution in [-0.4, -0.2) is 17.9 Å². The number of fused-ring (bicyclic) bond motifs is 1. The zero-order chi connectivity index (χ0) is 10.1. The highest BCUT2D eigenvalue weighted by Crippen LogP contribution is 2.22. The van der Waals surface area contributed by atoms with E-state index in [2.05, 4.69) is 20.5 Å². The topological polar surface area (TPSA) is 116 Å². The number of carbonyl (C=O) groups is 1. The second kappa shape index (κ2) is 2.92. The van der Waals surface area contributed by atoms with Crippen molar-refractivity contribution in [3.63, 3.8) is 0 Å². The Kier molecular flexibility index (Phi) is 1.74. The van der Waals surface area contributed by atoms with Gasteiger partial charge in [0.25, 0.3) is 5.91 Å². The Morgan fingerprint density at radius 2 is 2.43 bits per heavy atom. The number of rotatable bonds is 1. The minimum absolute atomic E-state index is 0.0466. The van der Waals surface area contributed by atoms with E-state index in [1.165, 1.54) is 0 Å². The van der Waals surface area contributed by atoms with Gasteiger partial charge in [0.1, 0.15) is 11.4 Å². The summed E-state index contributed by atoms with van der Waals surface area (Å²) in [5, 5.41) is 18.1. The van der Waals surface area contributed by atoms with Crippen LogP contribution in [-0.2, 0) is 4.79 Å². The van der Waals surface area contributed by atoms with Gasteiger partial charge in [0.05, 0.1) is 12.5 Å². The number of carbonyl (C=O) groups excluding carboxylic acids is 1. The highest BCUT2D eigenvalue weighted by molar-refractivity contribution is 6.10. The molecule has 0 aromatic rings. The Hall–Kier alpha value is -2.23. The predicted molar refractivity (Wildman–Crippen MR) is 45.7 cm³/mol. The lowest BCUT2D eigenvalue weighted by Crippen LogP contribution is -2.39. The maximum Gasteiger partial charge on any atom is 0.260 e. The molecule has 0 aliphatic carbocycles. The number of amides is 1. The molecule has 14 heavy (non-hydrogen) atoms. The first kappa shape index (κ1) is 8.37. The lowest BCUT2D eigenvalue weighted by atomic mass is 10.1. The van der Waals surface area contributed by atoms with Gasteiger partial charge in [-0.3, -0.25) is 4.79 Å². The second-order valence-electron chi connectivity index (χ2n) is 2.75. The van der Waals surface area contributed by atoms with Crippen molar-refractivity contribution in [2.24, 2.45) is 21.0 Å². The summed E-state index contributed by atoms with van der Waals surface area (Å²) in [6.07, 6.45) is -0.614. The van der Waals surface area contributed by atoms with Crippen molar-refractivity contribution < 1.29 is 4.79 Å². The number of azo groups is 1. The second-order valence-corrected chi connectivity index (χ2v) is 2.75. The van der Waals surface area contributed by atoms with E-state index in [9.17, 15) is 4.79 Å². The number of aliphatic imine (C=N–C) groups is 1. The fourth-order valence-electron chi connectivity index (χ4n) is 1.23. The third kappa shape index (κ3) is 1.13. The molecule has 1 amide bonds. The fourth-order valence-corrected chi connectivity index (χ4v) is 1.23. The molecule has 2 aliphatic heterocycles. The number of nitriles is 1. The van der Waals surface area contributed by atoms with Gasteiger partial charge < -0.3 is 11.1 Å². The average molecular weight is 190 g/mol. The summed E-state index contributed by atoms with van der Waals surface area (Å²) >= 11 is 0. The maximum atomic E-state index is 11.4. The molecule has 0 spiro atoms. The lowest BCUT2D eigenvalue weighted by Gasteiger charge is -2.15. The molecular formula is C7H6N6O. The van der Waals surface area contributed by atoms with Crippen LogP contribution in [0.5, 0.6) is 0 Å². The normalized spacial score (nSPS) is 24.1. The van der Waals surface area contributed by atoms with E-state index >= 15 is 0 Å². The van der Waals surface area contributed by atoms with Crippen LogP contribution in [0.15, 0.2) is 26.6 Å². The summed E-state index contributed by atoms with van der Waals surface area (Å²) in [6, 6.07) is 1.88. The van der Waals surface area contributed by atoms with Crippen LogP contribution in [0.25, 0.3) is 0 Å². The zero-order valence-electron chi connectivity index (χ0n) is 7.06. The third-order valence-electron chi connectivity index (χ3n) is 1.84. The van der Waals surface area contributed by atoms with Crippen LogP contribution in [0.2, 0.25) is 0 Å². The molecule has 70 valence electrons. The van der Waals surface area contributed by atoms with Gasteiger partial charge in [0.15, 0.2) is 12.0 Å². The molecule has 0 aromatic carbocycles. The largest absolute Gasteiger partial charge is 0.382 e. The van der Waals surface area contributed by atoms with Crippen LogP contribution in [0, 0.1) is 11.3 Å². The van der Waals surface area contributed by atoms with E-state index in [-0.39, 0.29) is 23.7 Å². The Morgan fingerprint density at radius 1 is 1.64 bits per heavy atom. The number of hydrogen-bond acceptors (Lipinski definition) is 6. The van der Waals surface area contributed by atoms with Crippen molar-refractivity contribution >= 4 is 11.7 Å². The van der Waals surface area contributed by atoms with E-state index in [0.29, 0.717) is 5.84 Å². The number of nitrogens with two attached hydrogens (primary N) is 1. The molecule has 1 atom stereocenters. The lowest BCUT2D eigenvalue weighted by molar-refractivity contribution is -0.116. The molecule has 0 saturated heterocycles. The molecular weight excluding hydrogens is 184 g/mol. The van der Waals surface area contributed by atoms with E-state index in [0.717, 1.165) is 0 Å². The molecule has 0 fully saturated rings. The summed E-state index contributed by atoms with van der Waals surface area (Å²) < 4.78 is 0.